The molecule has 7 nitrogen and oxygen atoms in total. The summed E-state index contributed by atoms with van der Waals surface area (Å²) >= 11 is 0. The summed E-state index contributed by atoms with van der Waals surface area (Å²) < 4.78 is 29.3. The van der Waals surface area contributed by atoms with Gasteiger partial charge < -0.3 is 9.64 Å². The van der Waals surface area contributed by atoms with Crippen LogP contribution in [0.4, 0.5) is 5.82 Å². The molecule has 0 unspecified atom stereocenters. The molecular weight excluding hydrogens is 412 g/mol. The normalized spacial score (nSPS) is 27.4. The molecule has 0 bridgehead atoms. The van der Waals surface area contributed by atoms with Crippen LogP contribution in [0, 0.1) is 0 Å². The van der Waals surface area contributed by atoms with Crippen LogP contribution >= 0.6 is 0 Å². The van der Waals surface area contributed by atoms with Gasteiger partial charge in [0.2, 0.25) is 0 Å². The van der Waals surface area contributed by atoms with E-state index in [1.807, 2.05) is 0 Å². The molecule has 0 radical (unpaired) electrons. The van der Waals surface area contributed by atoms with Gasteiger partial charge in [0, 0.05) is 30.1 Å². The third-order valence-electron chi connectivity index (χ3n) is 6.96. The number of hydrogen-bond acceptors (Lipinski definition) is 7. The number of sulfone groups is 1. The number of ether oxygens (including phenoxy) is 1. The Morgan fingerprint density at radius 3 is 2.35 bits per heavy atom. The number of anilines is 1. The van der Waals surface area contributed by atoms with Gasteiger partial charge in [-0.05, 0) is 57.5 Å². The molecular formula is C23H32N4O3S. The van der Waals surface area contributed by atoms with Crippen LogP contribution in [-0.2, 0) is 20.1 Å². The van der Waals surface area contributed by atoms with E-state index in [0.29, 0.717) is 13.5 Å². The Morgan fingerprint density at radius 2 is 1.77 bits per heavy atom. The van der Waals surface area contributed by atoms with E-state index in [-0.39, 0.29) is 16.0 Å². The average Bonchev–Trinajstić information content (AvgIpc) is 2.97. The molecule has 1 aromatic heterocycles. The summed E-state index contributed by atoms with van der Waals surface area (Å²) in [5, 5.41) is 3.65. The van der Waals surface area contributed by atoms with Crippen LogP contribution in [0.15, 0.2) is 53.6 Å². The van der Waals surface area contributed by atoms with E-state index in [0.717, 1.165) is 38.0 Å². The fourth-order valence-corrected chi connectivity index (χ4v) is 5.53. The summed E-state index contributed by atoms with van der Waals surface area (Å²) in [5.74, 6) is 0.739. The lowest BCUT2D eigenvalue weighted by Gasteiger charge is -2.50. The molecule has 1 aliphatic carbocycles. The van der Waals surface area contributed by atoms with Crippen LogP contribution in [0.3, 0.4) is 0 Å². The molecule has 1 aromatic carbocycles. The predicted octanol–water partition coefficient (Wildman–Crippen LogP) is 2.60. The molecule has 1 spiro atoms. The lowest BCUT2D eigenvalue weighted by atomic mass is 9.68. The van der Waals surface area contributed by atoms with Gasteiger partial charge in [0.15, 0.2) is 9.84 Å². The molecule has 2 heterocycles. The van der Waals surface area contributed by atoms with Gasteiger partial charge in [0.25, 0.3) is 0 Å². The summed E-state index contributed by atoms with van der Waals surface area (Å²) in [6, 6.07) is 14.2. The van der Waals surface area contributed by atoms with E-state index >= 15 is 0 Å². The first-order valence-corrected chi connectivity index (χ1v) is 12.6. The van der Waals surface area contributed by atoms with Gasteiger partial charge in [-0.2, -0.15) is 0 Å². The lowest BCUT2D eigenvalue weighted by Crippen LogP contribution is -2.58. The number of nitrogens with zero attached hydrogens (tertiary/aromatic N) is 3. The highest BCUT2D eigenvalue weighted by atomic mass is 32.2. The fourth-order valence-electron chi connectivity index (χ4n) is 4.97. The maximum absolute atomic E-state index is 11.8. The van der Waals surface area contributed by atoms with Crippen molar-refractivity contribution in [2.45, 2.75) is 41.7 Å². The molecule has 2 aliphatic rings. The number of aromatic nitrogens is 1. The van der Waals surface area contributed by atoms with Crippen molar-refractivity contribution in [2.24, 2.45) is 0 Å². The van der Waals surface area contributed by atoms with Crippen molar-refractivity contribution < 1.29 is 13.2 Å². The van der Waals surface area contributed by atoms with Gasteiger partial charge in [-0.25, -0.2) is 13.4 Å². The smallest absolute Gasteiger partial charge is 0.177 e. The first kappa shape index (κ1) is 22.2. The third-order valence-corrected chi connectivity index (χ3v) is 8.06. The van der Waals surface area contributed by atoms with Crippen LogP contribution < -0.4 is 10.2 Å². The Bertz CT molecular complexity index is 985. The second kappa shape index (κ2) is 8.50. The topological polar surface area (TPSA) is 74.8 Å². The highest BCUT2D eigenvalue weighted by Crippen LogP contribution is 2.45. The molecule has 0 amide bonds. The van der Waals surface area contributed by atoms with Crippen LogP contribution in [0.25, 0.3) is 0 Å². The minimum Gasteiger partial charge on any atom is -0.346 e. The summed E-state index contributed by atoms with van der Waals surface area (Å²) in [7, 11) is 1.09. The minimum absolute atomic E-state index is 0.0293. The van der Waals surface area contributed by atoms with Crippen LogP contribution in [0.2, 0.25) is 0 Å². The lowest BCUT2D eigenvalue weighted by molar-refractivity contribution is 0.0474. The number of benzene rings is 1. The van der Waals surface area contributed by atoms with E-state index in [2.05, 4.69) is 64.5 Å². The largest absolute Gasteiger partial charge is 0.346 e. The fraction of sp³-hybridized carbons (Fsp3) is 0.522. The molecule has 2 aromatic rings. The molecule has 168 valence electrons. The Morgan fingerprint density at radius 1 is 1.06 bits per heavy atom. The Balaban J connectivity index is 1.54. The van der Waals surface area contributed by atoms with E-state index in [9.17, 15) is 8.42 Å². The summed E-state index contributed by atoms with van der Waals surface area (Å²) in [6.07, 6.45) is 6.76. The third kappa shape index (κ3) is 4.48. The second-order valence-electron chi connectivity index (χ2n) is 9.05. The maximum Gasteiger partial charge on any atom is 0.177 e. The first-order valence-electron chi connectivity index (χ1n) is 10.7. The van der Waals surface area contributed by atoms with Crippen molar-refractivity contribution in [1.82, 2.24) is 15.2 Å². The summed E-state index contributed by atoms with van der Waals surface area (Å²) in [6.45, 7) is 1.70. The molecule has 2 fully saturated rings. The van der Waals surface area contributed by atoms with Crippen molar-refractivity contribution in [1.29, 1.82) is 0 Å². The molecule has 0 atom stereocenters. The highest BCUT2D eigenvalue weighted by molar-refractivity contribution is 7.90. The van der Waals surface area contributed by atoms with Crippen molar-refractivity contribution >= 4 is 15.7 Å². The van der Waals surface area contributed by atoms with Gasteiger partial charge in [0.05, 0.1) is 11.6 Å². The predicted molar refractivity (Wildman–Crippen MR) is 122 cm³/mol. The van der Waals surface area contributed by atoms with Crippen molar-refractivity contribution in [3.05, 3.63) is 54.2 Å². The molecule has 4 rings (SSSR count). The molecule has 1 N–H and O–H groups in total. The zero-order chi connectivity index (χ0) is 22.1. The SMILES string of the molecule is CN(C)C1(c2ccccc2)CCC2(CC1)CN(c1ccc(S(C)(=O)=O)cn1)COCN2. The molecule has 1 saturated carbocycles. The highest BCUT2D eigenvalue weighted by Gasteiger charge is 2.46. The van der Waals surface area contributed by atoms with Gasteiger partial charge in [-0.15, -0.1) is 0 Å². The number of hydrogen-bond donors (Lipinski definition) is 1. The molecule has 8 heteroatoms. The molecule has 1 saturated heterocycles. The zero-order valence-corrected chi connectivity index (χ0v) is 19.4. The maximum atomic E-state index is 11.8. The Kier molecular flexibility index (Phi) is 6.09. The van der Waals surface area contributed by atoms with E-state index in [1.165, 1.54) is 18.0 Å². The first-order chi connectivity index (χ1) is 14.7. The number of rotatable bonds is 4. The summed E-state index contributed by atoms with van der Waals surface area (Å²) in [4.78, 5) is 9.13. The van der Waals surface area contributed by atoms with Gasteiger partial charge >= 0.3 is 0 Å². The van der Waals surface area contributed by atoms with Gasteiger partial charge in [-0.1, -0.05) is 30.3 Å². The van der Waals surface area contributed by atoms with E-state index in [1.54, 1.807) is 12.1 Å². The Labute approximate surface area is 185 Å². The van der Waals surface area contributed by atoms with Crippen molar-refractivity contribution in [3.63, 3.8) is 0 Å². The molecule has 31 heavy (non-hydrogen) atoms. The zero-order valence-electron chi connectivity index (χ0n) is 18.5. The molecule has 1 aliphatic heterocycles. The summed E-state index contributed by atoms with van der Waals surface area (Å²) in [5.41, 5.74) is 1.33. The quantitative estimate of drug-likeness (QED) is 0.777. The number of pyridine rings is 1. The van der Waals surface area contributed by atoms with Crippen LogP contribution in [0.1, 0.15) is 31.2 Å². The van der Waals surface area contributed by atoms with Crippen LogP contribution in [0.5, 0.6) is 0 Å². The second-order valence-corrected chi connectivity index (χ2v) is 11.1. The Hall–Kier alpha value is -2.00. The minimum atomic E-state index is -3.26. The average molecular weight is 445 g/mol. The monoisotopic (exact) mass is 444 g/mol. The van der Waals surface area contributed by atoms with Crippen molar-refractivity contribution in [2.75, 3.05) is 45.3 Å². The van der Waals surface area contributed by atoms with Crippen molar-refractivity contribution in [3.8, 4) is 0 Å². The standard InChI is InChI=1S/C23H32N4O3S/c1-26(2)23(19-7-5-4-6-8-19)13-11-22(12-14-23)16-27(18-30-17-25-22)21-10-9-20(15-24-21)31(3,28)29/h4-10,15,25H,11-14,16-18H2,1-3H3. The number of nitrogens with one attached hydrogen (secondary N) is 1. The van der Waals surface area contributed by atoms with Gasteiger partial charge in [-0.3, -0.25) is 10.2 Å². The van der Waals surface area contributed by atoms with Crippen LogP contribution in [-0.4, -0.2) is 64.2 Å². The van der Waals surface area contributed by atoms with Gasteiger partial charge in [0.1, 0.15) is 12.5 Å². The van der Waals surface area contributed by atoms with E-state index in [4.69, 9.17) is 4.74 Å². The van der Waals surface area contributed by atoms with E-state index < -0.39 is 9.84 Å².